The summed E-state index contributed by atoms with van der Waals surface area (Å²) in [6, 6.07) is 20.3. The van der Waals surface area contributed by atoms with Crippen LogP contribution in [0.3, 0.4) is 0 Å². The van der Waals surface area contributed by atoms with E-state index >= 15 is 0 Å². The molecule has 0 aliphatic carbocycles. The molecule has 0 aliphatic heterocycles. The Balaban J connectivity index is 1.43. The van der Waals surface area contributed by atoms with E-state index in [1.165, 1.54) is 0 Å². The molecule has 1 heterocycles. The lowest BCUT2D eigenvalue weighted by Crippen LogP contribution is -2.25. The largest absolute Gasteiger partial charge is 0.494 e. The SMILES string of the molecule is COc1ccc(C(=O)NCc2nc3ccccc3n2CCCOc2ccc(Cl)cc2)cc1OC. The molecule has 0 saturated heterocycles. The van der Waals surface area contributed by atoms with Crippen LogP contribution in [-0.2, 0) is 13.1 Å². The Morgan fingerprint density at radius 3 is 2.53 bits per heavy atom. The van der Waals surface area contributed by atoms with Crippen LogP contribution in [0.25, 0.3) is 11.0 Å². The van der Waals surface area contributed by atoms with Gasteiger partial charge in [-0.1, -0.05) is 23.7 Å². The lowest BCUT2D eigenvalue weighted by Gasteiger charge is -2.12. The Hall–Kier alpha value is -3.71. The molecular formula is C26H26ClN3O4. The van der Waals surface area contributed by atoms with Crippen molar-refractivity contribution in [2.45, 2.75) is 19.5 Å². The Kier molecular flexibility index (Phi) is 7.54. The normalized spacial score (nSPS) is 10.8. The third kappa shape index (κ3) is 5.43. The van der Waals surface area contributed by atoms with E-state index in [0.29, 0.717) is 41.8 Å². The van der Waals surface area contributed by atoms with Crippen LogP contribution < -0.4 is 19.5 Å². The van der Waals surface area contributed by atoms with Gasteiger partial charge in [0.05, 0.1) is 38.4 Å². The second-order valence-electron chi connectivity index (χ2n) is 7.58. The van der Waals surface area contributed by atoms with Crippen LogP contribution in [0.1, 0.15) is 22.6 Å². The number of nitrogens with zero attached hydrogens (tertiary/aromatic N) is 2. The van der Waals surface area contributed by atoms with Gasteiger partial charge < -0.3 is 24.1 Å². The van der Waals surface area contributed by atoms with Gasteiger partial charge in [-0.3, -0.25) is 4.79 Å². The number of nitrogens with one attached hydrogen (secondary N) is 1. The number of amides is 1. The summed E-state index contributed by atoms with van der Waals surface area (Å²) in [7, 11) is 3.10. The molecule has 8 heteroatoms. The molecule has 3 aromatic carbocycles. The fourth-order valence-electron chi connectivity index (χ4n) is 3.69. The summed E-state index contributed by atoms with van der Waals surface area (Å²) in [5.41, 5.74) is 2.39. The van der Waals surface area contributed by atoms with Crippen molar-refractivity contribution >= 4 is 28.5 Å². The van der Waals surface area contributed by atoms with Crippen LogP contribution in [-0.4, -0.2) is 36.3 Å². The van der Waals surface area contributed by atoms with E-state index in [-0.39, 0.29) is 5.91 Å². The predicted molar refractivity (Wildman–Crippen MR) is 132 cm³/mol. The van der Waals surface area contributed by atoms with Crippen LogP contribution in [0.2, 0.25) is 5.02 Å². The molecule has 0 atom stereocenters. The first-order chi connectivity index (χ1) is 16.6. The second kappa shape index (κ2) is 10.9. The van der Waals surface area contributed by atoms with E-state index < -0.39 is 0 Å². The Labute approximate surface area is 203 Å². The summed E-state index contributed by atoms with van der Waals surface area (Å²) in [6.45, 7) is 1.54. The number of imidazole rings is 1. The summed E-state index contributed by atoms with van der Waals surface area (Å²) >= 11 is 5.93. The maximum atomic E-state index is 12.8. The smallest absolute Gasteiger partial charge is 0.251 e. The number of benzene rings is 3. The van der Waals surface area contributed by atoms with E-state index in [9.17, 15) is 4.79 Å². The summed E-state index contributed by atoms with van der Waals surface area (Å²) < 4.78 is 18.5. The summed E-state index contributed by atoms with van der Waals surface area (Å²) in [6.07, 6.45) is 0.777. The van der Waals surface area contributed by atoms with Crippen molar-refractivity contribution in [3.8, 4) is 17.2 Å². The highest BCUT2D eigenvalue weighted by Crippen LogP contribution is 2.27. The highest BCUT2D eigenvalue weighted by molar-refractivity contribution is 6.30. The number of carbonyl (C=O) groups excluding carboxylic acids is 1. The standard InChI is InChI=1S/C26H26ClN3O4/c1-32-23-13-8-18(16-24(23)33-2)26(31)28-17-25-29-21-6-3-4-7-22(21)30(25)14-5-15-34-20-11-9-19(27)10-12-20/h3-4,6-13,16H,5,14-15,17H2,1-2H3,(H,28,31). The number of halogens is 1. The Bertz CT molecular complexity index is 1270. The van der Waals surface area contributed by atoms with Crippen molar-refractivity contribution in [2.24, 2.45) is 0 Å². The molecule has 0 bridgehead atoms. The van der Waals surface area contributed by atoms with E-state index in [4.69, 9.17) is 30.8 Å². The van der Waals surface area contributed by atoms with Crippen molar-refractivity contribution in [3.63, 3.8) is 0 Å². The molecule has 0 fully saturated rings. The van der Waals surface area contributed by atoms with Gasteiger partial charge >= 0.3 is 0 Å². The molecule has 4 aromatic rings. The topological polar surface area (TPSA) is 74.6 Å². The van der Waals surface area contributed by atoms with E-state index in [1.807, 2.05) is 36.4 Å². The molecule has 1 aromatic heterocycles. The van der Waals surface area contributed by atoms with Gasteiger partial charge in [0.15, 0.2) is 11.5 Å². The zero-order chi connectivity index (χ0) is 23.9. The molecule has 7 nitrogen and oxygen atoms in total. The molecule has 4 rings (SSSR count). The van der Waals surface area contributed by atoms with Crippen LogP contribution in [0.5, 0.6) is 17.2 Å². The average Bonchev–Trinajstić information content (AvgIpc) is 3.23. The number of hydrogen-bond acceptors (Lipinski definition) is 5. The van der Waals surface area contributed by atoms with Gasteiger partial charge in [0, 0.05) is 17.1 Å². The van der Waals surface area contributed by atoms with Gasteiger partial charge in [0.2, 0.25) is 0 Å². The van der Waals surface area contributed by atoms with E-state index in [2.05, 4.69) is 9.88 Å². The van der Waals surface area contributed by atoms with Crippen LogP contribution in [0.15, 0.2) is 66.7 Å². The lowest BCUT2D eigenvalue weighted by molar-refractivity contribution is 0.0949. The van der Waals surface area contributed by atoms with Gasteiger partial charge in [0.25, 0.3) is 5.91 Å². The van der Waals surface area contributed by atoms with Crippen molar-refractivity contribution < 1.29 is 19.0 Å². The molecule has 0 aliphatic rings. The Morgan fingerprint density at radius 1 is 1.00 bits per heavy atom. The average molecular weight is 480 g/mol. The zero-order valence-electron chi connectivity index (χ0n) is 19.1. The number of methoxy groups -OCH3 is 2. The number of aromatic nitrogens is 2. The molecule has 0 radical (unpaired) electrons. The van der Waals surface area contributed by atoms with Gasteiger partial charge in [0.1, 0.15) is 11.6 Å². The number of aryl methyl sites for hydroxylation is 1. The highest BCUT2D eigenvalue weighted by Gasteiger charge is 2.14. The molecule has 34 heavy (non-hydrogen) atoms. The Morgan fingerprint density at radius 2 is 1.76 bits per heavy atom. The minimum absolute atomic E-state index is 0.217. The van der Waals surface area contributed by atoms with Crippen molar-refractivity contribution in [1.29, 1.82) is 0 Å². The van der Waals surface area contributed by atoms with Crippen molar-refractivity contribution in [3.05, 3.63) is 83.1 Å². The molecule has 1 N–H and O–H groups in total. The number of hydrogen-bond donors (Lipinski definition) is 1. The monoisotopic (exact) mass is 479 g/mol. The first-order valence-electron chi connectivity index (χ1n) is 10.9. The number of fused-ring (bicyclic) bond motifs is 1. The molecule has 0 spiro atoms. The second-order valence-corrected chi connectivity index (χ2v) is 8.01. The molecular weight excluding hydrogens is 454 g/mol. The van der Waals surface area contributed by atoms with Crippen molar-refractivity contribution in [1.82, 2.24) is 14.9 Å². The fourth-order valence-corrected chi connectivity index (χ4v) is 3.82. The lowest BCUT2D eigenvalue weighted by atomic mass is 10.2. The van der Waals surface area contributed by atoms with Gasteiger partial charge in [-0.2, -0.15) is 0 Å². The first-order valence-corrected chi connectivity index (χ1v) is 11.3. The third-order valence-corrected chi connectivity index (χ3v) is 5.65. The van der Waals surface area contributed by atoms with Crippen molar-refractivity contribution in [2.75, 3.05) is 20.8 Å². The predicted octanol–water partition coefficient (Wildman–Crippen LogP) is 5.11. The highest BCUT2D eigenvalue weighted by atomic mass is 35.5. The molecule has 176 valence electrons. The first kappa shape index (κ1) is 23.4. The number of ether oxygens (including phenoxy) is 3. The third-order valence-electron chi connectivity index (χ3n) is 5.39. The fraction of sp³-hybridized carbons (Fsp3) is 0.231. The van der Waals surface area contributed by atoms with E-state index in [1.54, 1.807) is 44.6 Å². The van der Waals surface area contributed by atoms with Crippen LogP contribution >= 0.6 is 11.6 Å². The minimum Gasteiger partial charge on any atom is -0.494 e. The molecule has 0 saturated carbocycles. The van der Waals surface area contributed by atoms with Gasteiger partial charge in [-0.05, 0) is 61.0 Å². The number of para-hydroxylation sites is 2. The molecule has 1 amide bonds. The summed E-state index contributed by atoms with van der Waals surface area (Å²) in [5.74, 6) is 2.42. The summed E-state index contributed by atoms with van der Waals surface area (Å²) in [5, 5.41) is 3.64. The zero-order valence-corrected chi connectivity index (χ0v) is 19.8. The van der Waals surface area contributed by atoms with Crippen LogP contribution in [0.4, 0.5) is 0 Å². The number of rotatable bonds is 10. The summed E-state index contributed by atoms with van der Waals surface area (Å²) in [4.78, 5) is 17.5. The van der Waals surface area contributed by atoms with Gasteiger partial charge in [-0.15, -0.1) is 0 Å². The van der Waals surface area contributed by atoms with Crippen LogP contribution in [0, 0.1) is 0 Å². The maximum Gasteiger partial charge on any atom is 0.251 e. The number of carbonyl (C=O) groups is 1. The van der Waals surface area contributed by atoms with E-state index in [0.717, 1.165) is 29.0 Å². The maximum absolute atomic E-state index is 12.8. The minimum atomic E-state index is -0.217. The quantitative estimate of drug-likeness (QED) is 0.320. The van der Waals surface area contributed by atoms with Gasteiger partial charge in [-0.25, -0.2) is 4.98 Å². The molecule has 0 unspecified atom stereocenters.